The van der Waals surface area contributed by atoms with Gasteiger partial charge in [-0.05, 0) is 55.4 Å². The third-order valence-corrected chi connectivity index (χ3v) is 6.59. The Morgan fingerprint density at radius 2 is 1.74 bits per heavy atom. The van der Waals surface area contributed by atoms with Gasteiger partial charge in [0.1, 0.15) is 18.1 Å². The molecule has 7 nitrogen and oxygen atoms in total. The predicted octanol–water partition coefficient (Wildman–Crippen LogP) is 5.56. The van der Waals surface area contributed by atoms with Crippen LogP contribution in [0.3, 0.4) is 0 Å². The van der Waals surface area contributed by atoms with E-state index in [0.717, 1.165) is 18.5 Å². The Hall–Kier alpha value is -3.09. The Morgan fingerprint density at radius 3 is 2.29 bits per heavy atom. The Labute approximate surface area is 218 Å². The van der Waals surface area contributed by atoms with Gasteiger partial charge in [0.25, 0.3) is 11.5 Å². The largest absolute Gasteiger partial charge is 0.573 e. The minimum absolute atomic E-state index is 0.0265. The lowest BCUT2D eigenvalue weighted by Crippen LogP contribution is -2.49. The summed E-state index contributed by atoms with van der Waals surface area (Å²) in [4.78, 5) is 35.0. The van der Waals surface area contributed by atoms with Crippen molar-refractivity contribution < 1.29 is 40.7 Å². The molecule has 0 saturated heterocycles. The number of aromatic nitrogens is 2. The second-order valence-corrected chi connectivity index (χ2v) is 9.65. The van der Waals surface area contributed by atoms with Gasteiger partial charge in [-0.1, -0.05) is 11.6 Å². The van der Waals surface area contributed by atoms with Gasteiger partial charge in [0.15, 0.2) is 0 Å². The molecule has 2 fully saturated rings. The zero-order valence-electron chi connectivity index (χ0n) is 19.7. The van der Waals surface area contributed by atoms with Crippen LogP contribution >= 0.6 is 11.6 Å². The maximum absolute atomic E-state index is 14.2. The van der Waals surface area contributed by atoms with Crippen LogP contribution in [0.15, 0.2) is 36.9 Å². The van der Waals surface area contributed by atoms with Crippen LogP contribution in [0, 0.1) is 0 Å². The summed E-state index contributed by atoms with van der Waals surface area (Å²) in [5.74, 6) is -5.83. The molecule has 2 aliphatic rings. The van der Waals surface area contributed by atoms with Crippen molar-refractivity contribution in [3.05, 3.63) is 48.0 Å². The molecule has 0 bridgehead atoms. The standard InChI is InChI=1S/C24H23ClF6N4O3/c25-20(26)22(37)35(16-3-4-18(38-24(29,30)31)17(9-16)13-1-2-13)19(14-10-32-12-33-11-14)21(36)34-15-5-7-23(27,28)8-6-15/h3-4,9-13,15,19-20H,1-2,5-8H2,(H,34,36)/t19?,20-/m0/s1. The van der Waals surface area contributed by atoms with Crippen LogP contribution in [-0.4, -0.2) is 45.7 Å². The first-order chi connectivity index (χ1) is 17.8. The van der Waals surface area contributed by atoms with Gasteiger partial charge in [-0.3, -0.25) is 14.5 Å². The van der Waals surface area contributed by atoms with Crippen molar-refractivity contribution in [3.63, 3.8) is 0 Å². The van der Waals surface area contributed by atoms with E-state index in [1.807, 2.05) is 0 Å². The van der Waals surface area contributed by atoms with Crippen LogP contribution in [0.4, 0.5) is 32.0 Å². The van der Waals surface area contributed by atoms with Gasteiger partial charge in [-0.15, -0.1) is 13.2 Å². The van der Waals surface area contributed by atoms with Gasteiger partial charge in [-0.25, -0.2) is 23.1 Å². The van der Waals surface area contributed by atoms with E-state index >= 15 is 0 Å². The molecule has 2 amide bonds. The van der Waals surface area contributed by atoms with Crippen molar-refractivity contribution in [1.82, 2.24) is 15.3 Å². The molecule has 0 aliphatic heterocycles. The van der Waals surface area contributed by atoms with Gasteiger partial charge in [0.2, 0.25) is 11.8 Å². The topological polar surface area (TPSA) is 84.4 Å². The Balaban J connectivity index is 1.74. The molecule has 2 atom stereocenters. The minimum atomic E-state index is -4.97. The quantitative estimate of drug-likeness (QED) is 0.335. The lowest BCUT2D eigenvalue weighted by atomic mass is 9.92. The van der Waals surface area contributed by atoms with E-state index in [0.29, 0.717) is 17.7 Å². The number of hydrogen-bond acceptors (Lipinski definition) is 5. The SMILES string of the molecule is O=C(NC1CCC(F)(F)CC1)C(c1cncnc1)N(C(=O)[C@H](F)Cl)c1ccc(OC(F)(F)F)c(C2CC2)c1. The molecule has 2 aromatic rings. The van der Waals surface area contributed by atoms with Crippen LogP contribution in [-0.2, 0) is 9.59 Å². The summed E-state index contributed by atoms with van der Waals surface area (Å²) in [7, 11) is 0. The highest BCUT2D eigenvalue weighted by Gasteiger charge is 2.41. The van der Waals surface area contributed by atoms with E-state index in [9.17, 15) is 35.9 Å². The van der Waals surface area contributed by atoms with Crippen LogP contribution in [0.1, 0.15) is 61.6 Å². The number of ether oxygens (including phenoxy) is 1. The molecule has 0 spiro atoms. The average Bonchev–Trinajstić information content (AvgIpc) is 3.69. The second-order valence-electron chi connectivity index (χ2n) is 9.27. The highest BCUT2D eigenvalue weighted by atomic mass is 35.5. The van der Waals surface area contributed by atoms with Gasteiger partial charge in [-0.2, -0.15) is 0 Å². The van der Waals surface area contributed by atoms with Crippen molar-refractivity contribution >= 4 is 29.1 Å². The summed E-state index contributed by atoms with van der Waals surface area (Å²) in [5, 5.41) is 2.63. The summed E-state index contributed by atoms with van der Waals surface area (Å²) in [6.45, 7) is 0. The molecule has 14 heteroatoms. The maximum Gasteiger partial charge on any atom is 0.573 e. The first-order valence-corrected chi connectivity index (χ1v) is 12.2. The minimum Gasteiger partial charge on any atom is -0.405 e. The van der Waals surface area contributed by atoms with Crippen LogP contribution in [0.25, 0.3) is 0 Å². The number of halogens is 7. The lowest BCUT2D eigenvalue weighted by molar-refractivity contribution is -0.274. The van der Waals surface area contributed by atoms with Gasteiger partial charge >= 0.3 is 6.36 Å². The Kier molecular flexibility index (Phi) is 8.05. The molecule has 38 heavy (non-hydrogen) atoms. The molecule has 4 rings (SSSR count). The highest BCUT2D eigenvalue weighted by Crippen LogP contribution is 2.47. The molecule has 206 valence electrons. The normalized spacial score (nSPS) is 19.3. The summed E-state index contributed by atoms with van der Waals surface area (Å²) < 4.78 is 84.5. The number of benzene rings is 1. The third kappa shape index (κ3) is 6.86. The molecular formula is C24H23ClF6N4O3. The van der Waals surface area contributed by atoms with E-state index in [-0.39, 0.29) is 35.6 Å². The predicted molar refractivity (Wildman–Crippen MR) is 123 cm³/mol. The number of nitrogens with one attached hydrogen (secondary N) is 1. The number of anilines is 1. The van der Waals surface area contributed by atoms with Crippen LogP contribution < -0.4 is 15.0 Å². The lowest BCUT2D eigenvalue weighted by Gasteiger charge is -2.34. The zero-order valence-corrected chi connectivity index (χ0v) is 20.5. The number of nitrogens with zero attached hydrogens (tertiary/aromatic N) is 3. The molecule has 1 aromatic heterocycles. The smallest absolute Gasteiger partial charge is 0.405 e. The molecule has 2 saturated carbocycles. The van der Waals surface area contributed by atoms with E-state index in [2.05, 4.69) is 20.0 Å². The van der Waals surface area contributed by atoms with Crippen molar-refractivity contribution in [2.75, 3.05) is 4.90 Å². The van der Waals surface area contributed by atoms with Crippen LogP contribution in [0.5, 0.6) is 5.75 Å². The van der Waals surface area contributed by atoms with Crippen LogP contribution in [0.2, 0.25) is 0 Å². The van der Waals surface area contributed by atoms with Gasteiger partial charge in [0, 0.05) is 42.5 Å². The fraction of sp³-hybridized carbons (Fsp3) is 0.500. The van der Waals surface area contributed by atoms with Crippen molar-refractivity contribution in [1.29, 1.82) is 0 Å². The molecule has 1 unspecified atom stereocenters. The van der Waals surface area contributed by atoms with E-state index in [1.165, 1.54) is 18.5 Å². The first kappa shape index (κ1) is 27.9. The number of carbonyl (C=O) groups excluding carboxylic acids is 2. The highest BCUT2D eigenvalue weighted by molar-refractivity contribution is 6.32. The fourth-order valence-corrected chi connectivity index (χ4v) is 4.56. The van der Waals surface area contributed by atoms with E-state index in [1.54, 1.807) is 0 Å². The zero-order chi connectivity index (χ0) is 27.7. The van der Waals surface area contributed by atoms with Crippen molar-refractivity contribution in [3.8, 4) is 5.75 Å². The number of rotatable bonds is 8. The summed E-state index contributed by atoms with van der Waals surface area (Å²) in [6, 6.07) is 1.03. The molecule has 1 heterocycles. The van der Waals surface area contributed by atoms with E-state index < -0.39 is 60.4 Å². The Morgan fingerprint density at radius 1 is 1.11 bits per heavy atom. The first-order valence-electron chi connectivity index (χ1n) is 11.8. The summed E-state index contributed by atoms with van der Waals surface area (Å²) >= 11 is 5.49. The van der Waals surface area contributed by atoms with E-state index in [4.69, 9.17) is 11.6 Å². The molecule has 1 aromatic carbocycles. The molecular weight excluding hydrogens is 542 g/mol. The summed E-state index contributed by atoms with van der Waals surface area (Å²) in [6.07, 6.45) is -1.22. The molecule has 1 N–H and O–H groups in total. The van der Waals surface area contributed by atoms with Crippen molar-refractivity contribution in [2.24, 2.45) is 0 Å². The maximum atomic E-state index is 14.2. The monoisotopic (exact) mass is 564 g/mol. The number of carbonyl (C=O) groups is 2. The second kappa shape index (κ2) is 11.0. The Bertz CT molecular complexity index is 1150. The third-order valence-electron chi connectivity index (χ3n) is 6.40. The number of hydrogen-bond donors (Lipinski definition) is 1. The number of amides is 2. The molecule has 2 aliphatic carbocycles. The van der Waals surface area contributed by atoms with Gasteiger partial charge < -0.3 is 10.1 Å². The number of alkyl halides is 7. The summed E-state index contributed by atoms with van der Waals surface area (Å²) in [5.41, 5.74) is -2.56. The average molecular weight is 565 g/mol. The fourth-order valence-electron chi connectivity index (χ4n) is 4.46. The molecule has 0 radical (unpaired) electrons. The van der Waals surface area contributed by atoms with Gasteiger partial charge in [0.05, 0.1) is 0 Å². The van der Waals surface area contributed by atoms with Crippen molar-refractivity contribution in [2.45, 2.75) is 74.4 Å².